The molecule has 10 heteroatoms. The number of amides is 1. The Morgan fingerprint density at radius 1 is 1.09 bits per heavy atom. The van der Waals surface area contributed by atoms with Crippen LogP contribution in [-0.2, 0) is 11.3 Å². The number of ether oxygens (including phenoxy) is 1. The lowest BCUT2D eigenvalue weighted by atomic mass is 10.1. The zero-order valence-corrected chi connectivity index (χ0v) is 20.5. The van der Waals surface area contributed by atoms with Gasteiger partial charge in [-0.3, -0.25) is 19.1 Å². The first-order chi connectivity index (χ1) is 16.8. The first-order valence-corrected chi connectivity index (χ1v) is 11.9. The quantitative estimate of drug-likeness (QED) is 0.534. The number of rotatable bonds is 7. The molecule has 1 N–H and O–H groups in total. The molecule has 0 radical (unpaired) electrons. The smallest absolute Gasteiger partial charge is 0.352 e. The zero-order valence-electron chi connectivity index (χ0n) is 19.8. The van der Waals surface area contributed by atoms with Crippen molar-refractivity contribution in [1.82, 2.24) is 24.6 Å². The summed E-state index contributed by atoms with van der Waals surface area (Å²) < 4.78 is 7.48. The van der Waals surface area contributed by atoms with E-state index in [1.807, 2.05) is 19.9 Å². The molecule has 1 fully saturated rings. The van der Waals surface area contributed by atoms with Gasteiger partial charge in [-0.25, -0.2) is 4.79 Å². The third-order valence-corrected chi connectivity index (χ3v) is 6.01. The van der Waals surface area contributed by atoms with Crippen molar-refractivity contribution < 1.29 is 9.53 Å². The number of nitrogens with zero attached hydrogens (tertiary/aromatic N) is 4. The highest BCUT2D eigenvalue weighted by atomic mass is 35.5. The third kappa shape index (κ3) is 6.05. The van der Waals surface area contributed by atoms with E-state index < -0.39 is 17.2 Å². The molecular formula is C25H28ClN5O4. The zero-order chi connectivity index (χ0) is 24.9. The van der Waals surface area contributed by atoms with Crippen molar-refractivity contribution in [3.8, 4) is 5.69 Å². The molecule has 2 heterocycles. The summed E-state index contributed by atoms with van der Waals surface area (Å²) >= 11 is 6.10. The van der Waals surface area contributed by atoms with E-state index in [2.05, 4.69) is 15.3 Å². The van der Waals surface area contributed by atoms with Crippen LogP contribution in [0.2, 0.25) is 5.02 Å². The minimum Gasteiger partial charge on any atom is -0.379 e. The van der Waals surface area contributed by atoms with Crippen molar-refractivity contribution in [2.75, 3.05) is 39.4 Å². The van der Waals surface area contributed by atoms with E-state index in [1.54, 1.807) is 36.4 Å². The molecule has 0 unspecified atom stereocenters. The summed E-state index contributed by atoms with van der Waals surface area (Å²) in [5.74, 6) is -0.624. The van der Waals surface area contributed by atoms with Crippen LogP contribution in [0.1, 0.15) is 27.2 Å². The SMILES string of the molecule is Cc1cc(C)cc(-n2nc(C(=O)NCCN3CCOCC3)c(=O)n(Cc3cccc(Cl)c3)c2=O)c1. The summed E-state index contributed by atoms with van der Waals surface area (Å²) in [5.41, 5.74) is 1.27. The molecule has 0 spiro atoms. The van der Waals surface area contributed by atoms with Gasteiger partial charge in [0.05, 0.1) is 25.4 Å². The van der Waals surface area contributed by atoms with Gasteiger partial charge in [0.25, 0.3) is 11.5 Å². The van der Waals surface area contributed by atoms with Gasteiger partial charge in [-0.15, -0.1) is 0 Å². The van der Waals surface area contributed by atoms with Gasteiger partial charge in [0, 0.05) is 31.2 Å². The topological polar surface area (TPSA) is 98.5 Å². The first-order valence-electron chi connectivity index (χ1n) is 11.5. The second-order valence-corrected chi connectivity index (χ2v) is 9.06. The maximum Gasteiger partial charge on any atom is 0.352 e. The van der Waals surface area contributed by atoms with Crippen molar-refractivity contribution >= 4 is 17.5 Å². The Balaban J connectivity index is 1.71. The van der Waals surface area contributed by atoms with E-state index in [0.717, 1.165) is 33.5 Å². The molecule has 0 saturated carbocycles. The van der Waals surface area contributed by atoms with Crippen LogP contribution in [-0.4, -0.2) is 64.5 Å². The van der Waals surface area contributed by atoms with E-state index >= 15 is 0 Å². The average molecular weight is 498 g/mol. The predicted octanol–water partition coefficient (Wildman–Crippen LogP) is 1.77. The summed E-state index contributed by atoms with van der Waals surface area (Å²) in [6.45, 7) is 7.63. The van der Waals surface area contributed by atoms with Crippen molar-refractivity contribution in [3.63, 3.8) is 0 Å². The lowest BCUT2D eigenvalue weighted by molar-refractivity contribution is 0.0383. The highest BCUT2D eigenvalue weighted by Crippen LogP contribution is 2.13. The molecule has 0 atom stereocenters. The largest absolute Gasteiger partial charge is 0.379 e. The standard InChI is InChI=1S/C25H28ClN5O4/c1-17-12-18(2)14-21(13-17)31-25(34)30(16-19-4-3-5-20(26)15-19)24(33)22(28-31)23(32)27-6-7-29-8-10-35-11-9-29/h3-5,12-15H,6-11,16H2,1-2H3,(H,27,32). The Labute approximate surface area is 207 Å². The van der Waals surface area contributed by atoms with Crippen molar-refractivity contribution in [1.29, 1.82) is 0 Å². The van der Waals surface area contributed by atoms with Crippen LogP contribution >= 0.6 is 11.6 Å². The number of carbonyl (C=O) groups is 1. The predicted molar refractivity (Wildman–Crippen MR) is 134 cm³/mol. The van der Waals surface area contributed by atoms with E-state index in [9.17, 15) is 14.4 Å². The average Bonchev–Trinajstić information content (AvgIpc) is 2.82. The van der Waals surface area contributed by atoms with Gasteiger partial charge >= 0.3 is 5.69 Å². The van der Waals surface area contributed by atoms with E-state index in [0.29, 0.717) is 42.6 Å². The molecule has 4 rings (SSSR count). The number of halogens is 1. The van der Waals surface area contributed by atoms with Gasteiger partial charge in [-0.2, -0.15) is 9.78 Å². The molecule has 1 aromatic heterocycles. The molecular weight excluding hydrogens is 470 g/mol. The maximum absolute atomic E-state index is 13.4. The third-order valence-electron chi connectivity index (χ3n) is 5.77. The Bertz CT molecular complexity index is 1320. The van der Waals surface area contributed by atoms with Crippen LogP contribution in [0.15, 0.2) is 52.1 Å². The fourth-order valence-corrected chi connectivity index (χ4v) is 4.30. The lowest BCUT2D eigenvalue weighted by Gasteiger charge is -2.26. The van der Waals surface area contributed by atoms with E-state index in [-0.39, 0.29) is 12.2 Å². The summed E-state index contributed by atoms with van der Waals surface area (Å²) in [7, 11) is 0. The molecule has 1 aliphatic rings. The molecule has 9 nitrogen and oxygen atoms in total. The number of aryl methyl sites for hydroxylation is 2. The van der Waals surface area contributed by atoms with Crippen molar-refractivity contribution in [3.05, 3.63) is 90.7 Å². The number of morpholine rings is 1. The molecule has 1 saturated heterocycles. The molecule has 1 aliphatic heterocycles. The van der Waals surface area contributed by atoms with Crippen LogP contribution in [0.5, 0.6) is 0 Å². The molecule has 0 bridgehead atoms. The molecule has 2 aromatic carbocycles. The maximum atomic E-state index is 13.4. The Morgan fingerprint density at radius 2 is 1.80 bits per heavy atom. The minimum absolute atomic E-state index is 0.0421. The van der Waals surface area contributed by atoms with Gasteiger partial charge in [0.1, 0.15) is 0 Å². The summed E-state index contributed by atoms with van der Waals surface area (Å²) in [4.78, 5) is 41.8. The molecule has 35 heavy (non-hydrogen) atoms. The van der Waals surface area contributed by atoms with E-state index in [1.165, 1.54) is 0 Å². The lowest BCUT2D eigenvalue weighted by Crippen LogP contribution is -2.47. The highest BCUT2D eigenvalue weighted by Gasteiger charge is 2.21. The Hall–Kier alpha value is -3.27. The van der Waals surface area contributed by atoms with Crippen molar-refractivity contribution in [2.24, 2.45) is 0 Å². The number of hydrogen-bond acceptors (Lipinski definition) is 6. The van der Waals surface area contributed by atoms with Crippen LogP contribution in [0.4, 0.5) is 0 Å². The highest BCUT2D eigenvalue weighted by molar-refractivity contribution is 6.30. The first kappa shape index (κ1) is 24.8. The van der Waals surface area contributed by atoms with Gasteiger partial charge in [-0.05, 0) is 54.8 Å². The monoisotopic (exact) mass is 497 g/mol. The number of carbonyl (C=O) groups excluding carboxylic acids is 1. The van der Waals surface area contributed by atoms with Gasteiger partial charge in [0.2, 0.25) is 5.69 Å². The number of aromatic nitrogens is 3. The minimum atomic E-state index is -0.750. The molecule has 3 aromatic rings. The normalized spacial score (nSPS) is 14.1. The van der Waals surface area contributed by atoms with Gasteiger partial charge in [-0.1, -0.05) is 29.8 Å². The Kier molecular flexibility index (Phi) is 7.80. The van der Waals surface area contributed by atoms with E-state index in [4.69, 9.17) is 16.3 Å². The fourth-order valence-electron chi connectivity index (χ4n) is 4.09. The number of nitrogens with one attached hydrogen (secondary N) is 1. The van der Waals surface area contributed by atoms with Gasteiger partial charge < -0.3 is 10.1 Å². The van der Waals surface area contributed by atoms with Crippen LogP contribution < -0.4 is 16.6 Å². The fraction of sp³-hybridized carbons (Fsp3) is 0.360. The summed E-state index contributed by atoms with van der Waals surface area (Å²) in [5, 5.41) is 7.47. The number of hydrogen-bond donors (Lipinski definition) is 1. The van der Waals surface area contributed by atoms with Crippen LogP contribution in [0, 0.1) is 13.8 Å². The van der Waals surface area contributed by atoms with Crippen LogP contribution in [0.25, 0.3) is 5.69 Å². The molecule has 0 aliphatic carbocycles. The number of benzene rings is 2. The molecule has 184 valence electrons. The van der Waals surface area contributed by atoms with Crippen molar-refractivity contribution in [2.45, 2.75) is 20.4 Å². The summed E-state index contributed by atoms with van der Waals surface area (Å²) in [6.07, 6.45) is 0. The summed E-state index contributed by atoms with van der Waals surface area (Å²) in [6, 6.07) is 12.4. The second-order valence-electron chi connectivity index (χ2n) is 8.62. The second kappa shape index (κ2) is 11.0. The van der Waals surface area contributed by atoms with Gasteiger partial charge in [0.15, 0.2) is 0 Å². The van der Waals surface area contributed by atoms with Crippen LogP contribution in [0.3, 0.4) is 0 Å². The molecule has 1 amide bonds. The Morgan fingerprint density at radius 3 is 2.49 bits per heavy atom.